The number of nitrogens with one attached hydrogen (secondary N) is 1. The number of rotatable bonds is 3. The van der Waals surface area contributed by atoms with E-state index >= 15 is 0 Å². The lowest BCUT2D eigenvalue weighted by Gasteiger charge is -2.05. The topological polar surface area (TPSA) is 55.1 Å². The molecule has 22 heavy (non-hydrogen) atoms. The number of hydrogen-bond acceptors (Lipinski definition) is 3. The lowest BCUT2D eigenvalue weighted by Crippen LogP contribution is -2.12. The van der Waals surface area contributed by atoms with Crippen molar-refractivity contribution in [2.24, 2.45) is 0 Å². The van der Waals surface area contributed by atoms with Gasteiger partial charge in [0.25, 0.3) is 5.91 Å². The molecule has 3 aromatic rings. The minimum atomic E-state index is -1.04. The van der Waals surface area contributed by atoms with Crippen molar-refractivity contribution in [3.05, 3.63) is 71.9 Å². The summed E-state index contributed by atoms with van der Waals surface area (Å²) in [5, 5.41) is 6.10. The molecule has 0 fully saturated rings. The van der Waals surface area contributed by atoms with E-state index in [4.69, 9.17) is 4.52 Å². The van der Waals surface area contributed by atoms with Crippen LogP contribution in [0.2, 0.25) is 0 Å². The van der Waals surface area contributed by atoms with E-state index in [1.54, 1.807) is 24.3 Å². The Morgan fingerprint density at radius 1 is 1.05 bits per heavy atom. The highest BCUT2D eigenvalue weighted by Crippen LogP contribution is 2.24. The van der Waals surface area contributed by atoms with Gasteiger partial charge in [-0.25, -0.2) is 8.78 Å². The van der Waals surface area contributed by atoms with Gasteiger partial charge in [0.2, 0.25) is 0 Å². The summed E-state index contributed by atoms with van der Waals surface area (Å²) in [4.78, 5) is 12.2. The lowest BCUT2D eigenvalue weighted by molar-refractivity contribution is 0.102. The third-order valence-corrected chi connectivity index (χ3v) is 3.03. The van der Waals surface area contributed by atoms with E-state index in [9.17, 15) is 13.6 Å². The SMILES string of the molecule is O=C(Nc1ccc(F)c(F)c1)c1cnoc1-c1ccccc1. The second-order valence-corrected chi connectivity index (χ2v) is 4.52. The van der Waals surface area contributed by atoms with Gasteiger partial charge in [0, 0.05) is 17.3 Å². The molecule has 2 aromatic carbocycles. The maximum atomic E-state index is 13.2. The van der Waals surface area contributed by atoms with Gasteiger partial charge >= 0.3 is 0 Å². The third-order valence-electron chi connectivity index (χ3n) is 3.03. The molecular weight excluding hydrogens is 290 g/mol. The van der Waals surface area contributed by atoms with E-state index in [0.717, 1.165) is 12.1 Å². The first-order chi connectivity index (χ1) is 10.6. The standard InChI is InChI=1S/C16H10F2N2O2/c17-13-7-6-11(8-14(13)18)20-16(21)12-9-19-22-15(12)10-4-2-1-3-5-10/h1-9H,(H,20,21). The first-order valence-electron chi connectivity index (χ1n) is 6.41. The molecule has 1 N–H and O–H groups in total. The molecule has 4 nitrogen and oxygen atoms in total. The molecule has 1 aromatic heterocycles. The number of carbonyl (C=O) groups is 1. The molecule has 0 aliphatic heterocycles. The minimum absolute atomic E-state index is 0.143. The van der Waals surface area contributed by atoms with Gasteiger partial charge in [-0.05, 0) is 12.1 Å². The summed E-state index contributed by atoms with van der Waals surface area (Å²) in [6, 6.07) is 12.1. The zero-order chi connectivity index (χ0) is 15.5. The quantitative estimate of drug-likeness (QED) is 0.798. The van der Waals surface area contributed by atoms with Gasteiger partial charge in [0.05, 0.1) is 6.20 Å². The molecule has 0 bridgehead atoms. The van der Waals surface area contributed by atoms with Gasteiger partial charge in [0.1, 0.15) is 5.56 Å². The normalized spacial score (nSPS) is 10.5. The number of benzene rings is 2. The zero-order valence-electron chi connectivity index (χ0n) is 11.2. The van der Waals surface area contributed by atoms with Crippen LogP contribution in [-0.2, 0) is 0 Å². The highest BCUT2D eigenvalue weighted by molar-refractivity contribution is 6.07. The Balaban J connectivity index is 1.87. The molecule has 110 valence electrons. The van der Waals surface area contributed by atoms with Crippen LogP contribution in [0.1, 0.15) is 10.4 Å². The number of aromatic nitrogens is 1. The molecule has 0 radical (unpaired) electrons. The molecule has 6 heteroatoms. The van der Waals surface area contributed by atoms with Crippen LogP contribution in [0, 0.1) is 11.6 Å². The molecular formula is C16H10F2N2O2. The van der Waals surface area contributed by atoms with Gasteiger partial charge < -0.3 is 9.84 Å². The molecule has 0 unspecified atom stereocenters. The van der Waals surface area contributed by atoms with Gasteiger partial charge in [-0.1, -0.05) is 35.5 Å². The number of amides is 1. The highest BCUT2D eigenvalue weighted by atomic mass is 19.2. The molecule has 1 amide bonds. The summed E-state index contributed by atoms with van der Waals surface area (Å²) in [6.07, 6.45) is 1.28. The molecule has 0 aliphatic rings. The Labute approximate surface area is 124 Å². The Kier molecular flexibility index (Phi) is 3.65. The van der Waals surface area contributed by atoms with Crippen molar-refractivity contribution >= 4 is 11.6 Å². The summed E-state index contributed by atoms with van der Waals surface area (Å²) in [7, 11) is 0. The predicted octanol–water partition coefficient (Wildman–Crippen LogP) is 3.87. The first-order valence-corrected chi connectivity index (χ1v) is 6.41. The van der Waals surface area contributed by atoms with E-state index in [0.29, 0.717) is 11.3 Å². The number of nitrogens with zero attached hydrogens (tertiary/aromatic N) is 1. The van der Waals surface area contributed by atoms with Crippen molar-refractivity contribution in [2.45, 2.75) is 0 Å². The van der Waals surface area contributed by atoms with Crippen molar-refractivity contribution in [3.63, 3.8) is 0 Å². The van der Waals surface area contributed by atoms with Crippen molar-refractivity contribution in [2.75, 3.05) is 5.32 Å². The van der Waals surface area contributed by atoms with Gasteiger partial charge in [-0.3, -0.25) is 4.79 Å². The number of hydrogen-bond donors (Lipinski definition) is 1. The van der Waals surface area contributed by atoms with Crippen LogP contribution in [0.15, 0.2) is 59.3 Å². The highest BCUT2D eigenvalue weighted by Gasteiger charge is 2.18. The summed E-state index contributed by atoms with van der Waals surface area (Å²) in [6.45, 7) is 0. The molecule has 3 rings (SSSR count). The van der Waals surface area contributed by atoms with E-state index in [2.05, 4.69) is 10.5 Å². The van der Waals surface area contributed by atoms with Crippen LogP contribution in [0.5, 0.6) is 0 Å². The van der Waals surface area contributed by atoms with Crippen LogP contribution in [0.3, 0.4) is 0 Å². The number of anilines is 1. The fourth-order valence-corrected chi connectivity index (χ4v) is 1.97. The van der Waals surface area contributed by atoms with Crippen molar-refractivity contribution in [1.29, 1.82) is 0 Å². The predicted molar refractivity (Wildman–Crippen MR) is 76.3 cm³/mol. The Morgan fingerprint density at radius 3 is 2.55 bits per heavy atom. The van der Waals surface area contributed by atoms with Crippen LogP contribution in [0.25, 0.3) is 11.3 Å². The average Bonchev–Trinajstić information content (AvgIpc) is 3.01. The average molecular weight is 300 g/mol. The lowest BCUT2D eigenvalue weighted by atomic mass is 10.1. The maximum Gasteiger partial charge on any atom is 0.261 e. The molecule has 0 aliphatic carbocycles. The van der Waals surface area contributed by atoms with Crippen LogP contribution in [-0.4, -0.2) is 11.1 Å². The van der Waals surface area contributed by atoms with E-state index in [1.807, 2.05) is 6.07 Å². The molecule has 0 spiro atoms. The van der Waals surface area contributed by atoms with Crippen molar-refractivity contribution in [1.82, 2.24) is 5.16 Å². The van der Waals surface area contributed by atoms with E-state index < -0.39 is 17.5 Å². The van der Waals surface area contributed by atoms with Gasteiger partial charge in [-0.2, -0.15) is 0 Å². The fourth-order valence-electron chi connectivity index (χ4n) is 1.97. The Bertz CT molecular complexity index is 816. The maximum absolute atomic E-state index is 13.2. The summed E-state index contributed by atoms with van der Waals surface area (Å²) in [5.41, 5.74) is 1.04. The summed E-state index contributed by atoms with van der Waals surface area (Å²) >= 11 is 0. The van der Waals surface area contributed by atoms with Gasteiger partial charge in [0.15, 0.2) is 17.4 Å². The fraction of sp³-hybridized carbons (Fsp3) is 0. The van der Waals surface area contributed by atoms with Crippen molar-refractivity contribution in [3.8, 4) is 11.3 Å². The Morgan fingerprint density at radius 2 is 1.82 bits per heavy atom. The number of halogens is 2. The van der Waals surface area contributed by atoms with Crippen LogP contribution >= 0.6 is 0 Å². The van der Waals surface area contributed by atoms with Crippen molar-refractivity contribution < 1.29 is 18.1 Å². The third kappa shape index (κ3) is 2.71. The molecule has 1 heterocycles. The summed E-state index contributed by atoms with van der Waals surface area (Å²) in [5.74, 6) is -2.23. The Hall–Kier alpha value is -3.02. The molecule has 0 atom stereocenters. The summed E-state index contributed by atoms with van der Waals surface area (Å²) < 4.78 is 31.1. The van der Waals surface area contributed by atoms with Crippen LogP contribution in [0.4, 0.5) is 14.5 Å². The zero-order valence-corrected chi connectivity index (χ0v) is 11.2. The van der Waals surface area contributed by atoms with E-state index in [-0.39, 0.29) is 11.3 Å². The molecule has 0 saturated carbocycles. The molecule has 0 saturated heterocycles. The minimum Gasteiger partial charge on any atom is -0.355 e. The number of carbonyl (C=O) groups excluding carboxylic acids is 1. The second kappa shape index (κ2) is 5.77. The van der Waals surface area contributed by atoms with Crippen LogP contribution < -0.4 is 5.32 Å². The van der Waals surface area contributed by atoms with E-state index in [1.165, 1.54) is 12.3 Å². The monoisotopic (exact) mass is 300 g/mol. The second-order valence-electron chi connectivity index (χ2n) is 4.52. The largest absolute Gasteiger partial charge is 0.355 e. The smallest absolute Gasteiger partial charge is 0.261 e. The van der Waals surface area contributed by atoms with Gasteiger partial charge in [-0.15, -0.1) is 0 Å². The first kappa shape index (κ1) is 13.9.